The minimum atomic E-state index is -0.223. The molecule has 0 bridgehead atoms. The molecule has 0 amide bonds. The number of hydrogen-bond donors (Lipinski definition) is 0. The number of carbonyl (C=O) groups excluding carboxylic acids is 1. The van der Waals surface area contributed by atoms with E-state index in [1.807, 2.05) is 57.2 Å². The van der Waals surface area contributed by atoms with Crippen LogP contribution in [0.2, 0.25) is 0 Å². The summed E-state index contributed by atoms with van der Waals surface area (Å²) in [5.74, 6) is 2.96. The van der Waals surface area contributed by atoms with Gasteiger partial charge in [-0.25, -0.2) is 0 Å². The molecule has 0 aliphatic carbocycles. The number of rotatable bonds is 8. The highest BCUT2D eigenvalue weighted by atomic mass is 16.5. The zero-order valence-corrected chi connectivity index (χ0v) is 22.4. The molecule has 4 aromatic carbocycles. The molecule has 0 unspecified atom stereocenters. The smallest absolute Gasteiger partial charge is 0.193 e. The van der Waals surface area contributed by atoms with Crippen molar-refractivity contribution in [2.45, 2.75) is 45.6 Å². The summed E-state index contributed by atoms with van der Waals surface area (Å²) >= 11 is 0. The number of carbonyl (C=O) groups is 1. The van der Waals surface area contributed by atoms with Crippen LogP contribution in [0, 0.1) is 0 Å². The lowest BCUT2D eigenvalue weighted by molar-refractivity contribution is 0.103. The van der Waals surface area contributed by atoms with Gasteiger partial charge in [0, 0.05) is 16.5 Å². The Morgan fingerprint density at radius 1 is 0.541 bits per heavy atom. The molecule has 0 spiro atoms. The van der Waals surface area contributed by atoms with Gasteiger partial charge < -0.3 is 14.2 Å². The highest BCUT2D eigenvalue weighted by Gasteiger charge is 2.23. The number of ketones is 1. The van der Waals surface area contributed by atoms with E-state index in [-0.39, 0.29) is 16.8 Å². The molecule has 37 heavy (non-hydrogen) atoms. The Bertz CT molecular complexity index is 1330. The van der Waals surface area contributed by atoms with E-state index in [0.717, 1.165) is 17.2 Å². The van der Waals surface area contributed by atoms with Crippen molar-refractivity contribution >= 4 is 5.78 Å². The summed E-state index contributed by atoms with van der Waals surface area (Å²) in [5.41, 5.74) is 3.21. The van der Waals surface area contributed by atoms with Crippen molar-refractivity contribution in [3.63, 3.8) is 0 Å². The van der Waals surface area contributed by atoms with Crippen molar-refractivity contribution in [1.29, 1.82) is 0 Å². The van der Waals surface area contributed by atoms with Gasteiger partial charge in [0.2, 0.25) is 0 Å². The van der Waals surface area contributed by atoms with Gasteiger partial charge in [0.25, 0.3) is 0 Å². The highest BCUT2D eigenvalue weighted by Crippen LogP contribution is 2.34. The number of benzene rings is 4. The van der Waals surface area contributed by atoms with Crippen molar-refractivity contribution in [3.05, 3.63) is 119 Å². The Kier molecular flexibility index (Phi) is 7.40. The van der Waals surface area contributed by atoms with Gasteiger partial charge in [0.15, 0.2) is 5.78 Å². The summed E-state index contributed by atoms with van der Waals surface area (Å²) in [6.45, 7) is 10.6. The molecule has 4 rings (SSSR count). The van der Waals surface area contributed by atoms with Crippen LogP contribution in [0.5, 0.6) is 23.0 Å². The quantitative estimate of drug-likeness (QED) is 0.232. The van der Waals surface area contributed by atoms with Gasteiger partial charge in [-0.3, -0.25) is 4.79 Å². The molecule has 0 atom stereocenters. The Morgan fingerprint density at radius 2 is 0.919 bits per heavy atom. The van der Waals surface area contributed by atoms with Gasteiger partial charge in [0.1, 0.15) is 28.6 Å². The SMILES string of the molecule is COc1ccc(C(=O)c2ccc(Oc3ccc(C(C)(C)c4ccc(OC(C)(C)C)cc4)cc3)cc2)cc1. The van der Waals surface area contributed by atoms with Gasteiger partial charge in [-0.05, 0) is 105 Å². The first-order chi connectivity index (χ1) is 17.5. The Hall–Kier alpha value is -4.05. The predicted molar refractivity (Wildman–Crippen MR) is 148 cm³/mol. The lowest BCUT2D eigenvalue weighted by Gasteiger charge is -2.27. The van der Waals surface area contributed by atoms with Crippen LogP contribution in [0.25, 0.3) is 0 Å². The van der Waals surface area contributed by atoms with Crippen molar-refractivity contribution < 1.29 is 19.0 Å². The van der Waals surface area contributed by atoms with Gasteiger partial charge in [-0.15, -0.1) is 0 Å². The summed E-state index contributed by atoms with van der Waals surface area (Å²) in [7, 11) is 1.60. The van der Waals surface area contributed by atoms with E-state index >= 15 is 0 Å². The molecule has 0 aliphatic heterocycles. The van der Waals surface area contributed by atoms with Crippen LogP contribution < -0.4 is 14.2 Å². The molecule has 4 heteroatoms. The largest absolute Gasteiger partial charge is 0.497 e. The average molecular weight is 495 g/mol. The molecule has 0 saturated heterocycles. The number of methoxy groups -OCH3 is 1. The summed E-state index contributed by atoms with van der Waals surface area (Å²) in [6.07, 6.45) is 0. The van der Waals surface area contributed by atoms with Crippen LogP contribution in [0.1, 0.15) is 61.7 Å². The van der Waals surface area contributed by atoms with E-state index in [1.165, 1.54) is 11.1 Å². The van der Waals surface area contributed by atoms with Gasteiger partial charge in [-0.1, -0.05) is 38.1 Å². The van der Waals surface area contributed by atoms with Gasteiger partial charge >= 0.3 is 0 Å². The lowest BCUT2D eigenvalue weighted by atomic mass is 9.78. The molecule has 4 nitrogen and oxygen atoms in total. The summed E-state index contributed by atoms with van der Waals surface area (Å²) in [5, 5.41) is 0. The molecular weight excluding hydrogens is 460 g/mol. The predicted octanol–water partition coefficient (Wildman–Crippen LogP) is 8.22. The van der Waals surface area contributed by atoms with Gasteiger partial charge in [0.05, 0.1) is 7.11 Å². The molecule has 0 N–H and O–H groups in total. The molecule has 0 radical (unpaired) electrons. The highest BCUT2D eigenvalue weighted by molar-refractivity contribution is 6.09. The second-order valence-corrected chi connectivity index (χ2v) is 10.6. The second kappa shape index (κ2) is 10.5. The molecule has 0 heterocycles. The maximum atomic E-state index is 12.8. The third-order valence-electron chi connectivity index (χ3n) is 6.28. The van der Waals surface area contributed by atoms with E-state index in [4.69, 9.17) is 14.2 Å². The van der Waals surface area contributed by atoms with Crippen LogP contribution >= 0.6 is 0 Å². The van der Waals surface area contributed by atoms with Crippen molar-refractivity contribution in [3.8, 4) is 23.0 Å². The summed E-state index contributed by atoms with van der Waals surface area (Å²) < 4.78 is 17.2. The van der Waals surface area contributed by atoms with Gasteiger partial charge in [-0.2, -0.15) is 0 Å². The third-order valence-corrected chi connectivity index (χ3v) is 6.28. The van der Waals surface area contributed by atoms with Crippen LogP contribution in [0.4, 0.5) is 0 Å². The first-order valence-corrected chi connectivity index (χ1v) is 12.4. The van der Waals surface area contributed by atoms with Crippen LogP contribution in [-0.2, 0) is 5.41 Å². The molecule has 0 aromatic heterocycles. The van der Waals surface area contributed by atoms with E-state index in [9.17, 15) is 4.79 Å². The first kappa shape index (κ1) is 26.0. The fourth-order valence-electron chi connectivity index (χ4n) is 4.12. The van der Waals surface area contributed by atoms with Crippen molar-refractivity contribution in [2.75, 3.05) is 7.11 Å². The molecule has 0 aliphatic rings. The minimum Gasteiger partial charge on any atom is -0.497 e. The van der Waals surface area contributed by atoms with Crippen LogP contribution in [0.15, 0.2) is 97.1 Å². The minimum absolute atomic E-state index is 0.0428. The number of hydrogen-bond acceptors (Lipinski definition) is 4. The summed E-state index contributed by atoms with van der Waals surface area (Å²) in [4.78, 5) is 12.8. The third kappa shape index (κ3) is 6.39. The lowest BCUT2D eigenvalue weighted by Crippen LogP contribution is -2.23. The van der Waals surface area contributed by atoms with Crippen molar-refractivity contribution in [1.82, 2.24) is 0 Å². The maximum Gasteiger partial charge on any atom is 0.193 e. The zero-order chi connectivity index (χ0) is 26.6. The second-order valence-electron chi connectivity index (χ2n) is 10.6. The van der Waals surface area contributed by atoms with Crippen molar-refractivity contribution in [2.24, 2.45) is 0 Å². The fraction of sp³-hybridized carbons (Fsp3) is 0.242. The Morgan fingerprint density at radius 3 is 1.32 bits per heavy atom. The maximum absolute atomic E-state index is 12.8. The molecule has 0 fully saturated rings. The van der Waals surface area contributed by atoms with E-state index in [1.54, 1.807) is 43.5 Å². The molecular formula is C33H34O4. The standard InChI is InChI=1S/C33H34O4/c1-32(2,3)37-30-21-13-26(14-22-30)33(4,5)25-11-19-29(20-12-25)36-28-17-9-24(10-18-28)31(34)23-7-15-27(35-6)16-8-23/h7-22H,1-6H3. The van der Waals surface area contributed by atoms with Crippen LogP contribution in [0.3, 0.4) is 0 Å². The molecule has 0 saturated carbocycles. The normalized spacial score (nSPS) is 11.6. The first-order valence-electron chi connectivity index (χ1n) is 12.4. The fourth-order valence-corrected chi connectivity index (χ4v) is 4.12. The summed E-state index contributed by atoms with van der Waals surface area (Å²) in [6, 6.07) is 30.8. The Labute approximate surface area is 219 Å². The monoisotopic (exact) mass is 494 g/mol. The molecule has 190 valence electrons. The van der Waals surface area contributed by atoms with Crippen LogP contribution in [-0.4, -0.2) is 18.5 Å². The van der Waals surface area contributed by atoms with E-state index in [0.29, 0.717) is 16.9 Å². The van der Waals surface area contributed by atoms with E-state index in [2.05, 4.69) is 38.1 Å². The topological polar surface area (TPSA) is 44.8 Å². The molecule has 4 aromatic rings. The average Bonchev–Trinajstić information content (AvgIpc) is 2.88. The zero-order valence-electron chi connectivity index (χ0n) is 22.4. The van der Waals surface area contributed by atoms with E-state index < -0.39 is 0 Å². The number of ether oxygens (including phenoxy) is 3. The Balaban J connectivity index is 1.42.